The summed E-state index contributed by atoms with van der Waals surface area (Å²) < 4.78 is 0. The molecule has 2 nitrogen and oxygen atoms in total. The number of hydrogen-bond donors (Lipinski definition) is 1. The predicted molar refractivity (Wildman–Crippen MR) is 39.3 cm³/mol. The smallest absolute Gasteiger partial charge is 0.0632 e. The second-order valence-corrected chi connectivity index (χ2v) is 3.43. The van der Waals surface area contributed by atoms with Crippen molar-refractivity contribution in [3.05, 3.63) is 0 Å². The van der Waals surface area contributed by atoms with Gasteiger partial charge in [-0.05, 0) is 25.7 Å². The lowest BCUT2D eigenvalue weighted by Crippen LogP contribution is -2.19. The lowest BCUT2D eigenvalue weighted by Gasteiger charge is -2.19. The molecule has 2 rings (SSSR count). The molecule has 0 amide bonds. The topological polar surface area (TPSA) is 32.6 Å². The molecule has 1 N–H and O–H groups in total. The van der Waals surface area contributed by atoms with Crippen LogP contribution < -0.4 is 0 Å². The van der Waals surface area contributed by atoms with Crippen molar-refractivity contribution >= 4 is 5.71 Å². The number of fused-ring (bicyclic) bond motifs is 2. The van der Waals surface area contributed by atoms with Crippen LogP contribution in [0.15, 0.2) is 5.16 Å². The van der Waals surface area contributed by atoms with Crippen molar-refractivity contribution in [3.8, 4) is 0 Å². The number of hydrogen-bond acceptors (Lipinski definition) is 2. The van der Waals surface area contributed by atoms with Crippen molar-refractivity contribution < 1.29 is 5.21 Å². The van der Waals surface area contributed by atoms with Gasteiger partial charge in [0.05, 0.1) is 5.71 Å². The van der Waals surface area contributed by atoms with Gasteiger partial charge in [0.1, 0.15) is 0 Å². The first-order valence-corrected chi connectivity index (χ1v) is 4.13. The Bertz CT molecular complexity index is 147. The second-order valence-electron chi connectivity index (χ2n) is 3.43. The van der Waals surface area contributed by atoms with Crippen LogP contribution >= 0.6 is 0 Å². The van der Waals surface area contributed by atoms with Gasteiger partial charge in [-0.1, -0.05) is 11.6 Å². The molecule has 56 valence electrons. The van der Waals surface area contributed by atoms with Crippen molar-refractivity contribution in [2.45, 2.75) is 32.1 Å². The molecular formula is C8H13NO. The minimum atomic E-state index is 0.642. The molecule has 2 saturated carbocycles. The van der Waals surface area contributed by atoms with E-state index in [0.29, 0.717) is 11.8 Å². The van der Waals surface area contributed by atoms with Gasteiger partial charge < -0.3 is 5.21 Å². The molecule has 2 aliphatic rings. The van der Waals surface area contributed by atoms with Gasteiger partial charge in [-0.2, -0.15) is 0 Å². The fourth-order valence-electron chi connectivity index (χ4n) is 2.39. The summed E-state index contributed by atoms with van der Waals surface area (Å²) in [5.74, 6) is 1.28. The van der Waals surface area contributed by atoms with Gasteiger partial charge in [-0.15, -0.1) is 0 Å². The molecule has 2 atom stereocenters. The third-order valence-corrected chi connectivity index (χ3v) is 2.92. The molecule has 10 heavy (non-hydrogen) atoms. The van der Waals surface area contributed by atoms with E-state index in [1.165, 1.54) is 32.1 Å². The van der Waals surface area contributed by atoms with Crippen LogP contribution in [0.5, 0.6) is 0 Å². The fourth-order valence-corrected chi connectivity index (χ4v) is 2.39. The molecule has 0 saturated heterocycles. The summed E-state index contributed by atoms with van der Waals surface area (Å²) >= 11 is 0. The predicted octanol–water partition coefficient (Wildman–Crippen LogP) is 2.03. The minimum Gasteiger partial charge on any atom is -0.411 e. The zero-order valence-electron chi connectivity index (χ0n) is 6.08. The molecule has 0 aromatic carbocycles. The van der Waals surface area contributed by atoms with E-state index in [-0.39, 0.29) is 0 Å². The van der Waals surface area contributed by atoms with Crippen LogP contribution in [0.4, 0.5) is 0 Å². The van der Waals surface area contributed by atoms with E-state index in [1.54, 1.807) is 0 Å². The maximum atomic E-state index is 8.66. The van der Waals surface area contributed by atoms with Crippen molar-refractivity contribution in [3.63, 3.8) is 0 Å². The van der Waals surface area contributed by atoms with Gasteiger partial charge in [0.15, 0.2) is 0 Å². The molecule has 2 aliphatic carbocycles. The van der Waals surface area contributed by atoms with E-state index in [0.717, 1.165) is 5.71 Å². The van der Waals surface area contributed by atoms with E-state index < -0.39 is 0 Å². The summed E-state index contributed by atoms with van der Waals surface area (Å²) in [6.45, 7) is 0. The monoisotopic (exact) mass is 139 g/mol. The summed E-state index contributed by atoms with van der Waals surface area (Å²) in [4.78, 5) is 0. The first kappa shape index (κ1) is 6.20. The Kier molecular flexibility index (Phi) is 1.40. The van der Waals surface area contributed by atoms with Gasteiger partial charge in [-0.25, -0.2) is 0 Å². The van der Waals surface area contributed by atoms with E-state index in [2.05, 4.69) is 5.16 Å². The van der Waals surface area contributed by atoms with E-state index in [4.69, 9.17) is 5.21 Å². The molecule has 0 aromatic heterocycles. The Morgan fingerprint density at radius 2 is 1.70 bits per heavy atom. The van der Waals surface area contributed by atoms with Crippen LogP contribution in [-0.2, 0) is 0 Å². The summed E-state index contributed by atoms with van der Waals surface area (Å²) in [6, 6.07) is 0. The number of nitrogens with zero attached hydrogens (tertiary/aromatic N) is 1. The summed E-state index contributed by atoms with van der Waals surface area (Å²) in [5.41, 5.74) is 1.10. The Labute approximate surface area is 60.9 Å². The first-order chi connectivity index (χ1) is 4.92. The van der Waals surface area contributed by atoms with Gasteiger partial charge in [-0.3, -0.25) is 0 Å². The molecule has 0 spiro atoms. The number of oxime groups is 1. The zero-order valence-corrected chi connectivity index (χ0v) is 6.08. The standard InChI is InChI=1S/C8H13NO/c10-9-8-6-2-1-3-7(8)5-4-6/h6-7,10H,1-5H2. The fraction of sp³-hybridized carbons (Fsp3) is 0.875. The summed E-state index contributed by atoms with van der Waals surface area (Å²) in [5, 5.41) is 12.0. The minimum absolute atomic E-state index is 0.642. The van der Waals surface area contributed by atoms with E-state index >= 15 is 0 Å². The third kappa shape index (κ3) is 0.746. The van der Waals surface area contributed by atoms with Crippen LogP contribution in [-0.4, -0.2) is 10.9 Å². The molecule has 2 unspecified atom stereocenters. The normalized spacial score (nSPS) is 38.2. The summed E-state index contributed by atoms with van der Waals surface area (Å²) in [7, 11) is 0. The Balaban J connectivity index is 2.21. The van der Waals surface area contributed by atoms with Crippen LogP contribution in [0, 0.1) is 11.8 Å². The lowest BCUT2D eigenvalue weighted by molar-refractivity contribution is 0.308. The maximum absolute atomic E-state index is 8.66. The van der Waals surface area contributed by atoms with Crippen molar-refractivity contribution in [2.24, 2.45) is 17.0 Å². The van der Waals surface area contributed by atoms with Gasteiger partial charge in [0.2, 0.25) is 0 Å². The lowest BCUT2D eigenvalue weighted by atomic mass is 9.87. The van der Waals surface area contributed by atoms with Gasteiger partial charge >= 0.3 is 0 Å². The quantitative estimate of drug-likeness (QED) is 0.404. The van der Waals surface area contributed by atoms with Crippen LogP contribution in [0.25, 0.3) is 0 Å². The number of rotatable bonds is 0. The molecule has 2 fully saturated rings. The zero-order chi connectivity index (χ0) is 6.97. The first-order valence-electron chi connectivity index (χ1n) is 4.13. The van der Waals surface area contributed by atoms with Crippen LogP contribution in [0.3, 0.4) is 0 Å². The highest BCUT2D eigenvalue weighted by molar-refractivity contribution is 5.90. The molecule has 0 aliphatic heterocycles. The SMILES string of the molecule is ON=C1C2CCCC1CC2. The Morgan fingerprint density at radius 1 is 1.10 bits per heavy atom. The molecule has 0 radical (unpaired) electrons. The van der Waals surface area contributed by atoms with Gasteiger partial charge in [0.25, 0.3) is 0 Å². The van der Waals surface area contributed by atoms with Crippen molar-refractivity contribution in [1.29, 1.82) is 0 Å². The van der Waals surface area contributed by atoms with Gasteiger partial charge in [0, 0.05) is 11.8 Å². The highest BCUT2D eigenvalue weighted by atomic mass is 16.4. The third-order valence-electron chi connectivity index (χ3n) is 2.92. The average molecular weight is 139 g/mol. The Hall–Kier alpha value is -0.530. The van der Waals surface area contributed by atoms with Crippen LogP contribution in [0.1, 0.15) is 32.1 Å². The van der Waals surface area contributed by atoms with Crippen molar-refractivity contribution in [2.75, 3.05) is 0 Å². The van der Waals surface area contributed by atoms with Crippen LogP contribution in [0.2, 0.25) is 0 Å². The second kappa shape index (κ2) is 2.26. The molecular weight excluding hydrogens is 126 g/mol. The molecule has 2 heteroatoms. The highest BCUT2D eigenvalue weighted by Crippen LogP contribution is 2.39. The highest BCUT2D eigenvalue weighted by Gasteiger charge is 2.35. The molecule has 0 heterocycles. The van der Waals surface area contributed by atoms with Crippen molar-refractivity contribution in [1.82, 2.24) is 0 Å². The van der Waals surface area contributed by atoms with E-state index in [9.17, 15) is 0 Å². The van der Waals surface area contributed by atoms with E-state index in [1.807, 2.05) is 0 Å². The Morgan fingerprint density at radius 3 is 2.10 bits per heavy atom. The molecule has 0 aromatic rings. The molecule has 2 bridgehead atoms. The average Bonchev–Trinajstić information content (AvgIpc) is 2.19. The largest absolute Gasteiger partial charge is 0.411 e. The summed E-state index contributed by atoms with van der Waals surface area (Å²) in [6.07, 6.45) is 6.40. The maximum Gasteiger partial charge on any atom is 0.0632 e.